The van der Waals surface area contributed by atoms with Crippen LogP contribution >= 0.6 is 0 Å². The number of amides is 3. The number of pyridine rings is 1. The molecule has 1 saturated carbocycles. The van der Waals surface area contributed by atoms with Gasteiger partial charge in [-0.05, 0) is 48.7 Å². The topological polar surface area (TPSA) is 101 Å². The lowest BCUT2D eigenvalue weighted by Crippen LogP contribution is -2.30. The zero-order valence-corrected chi connectivity index (χ0v) is 15.1. The van der Waals surface area contributed by atoms with Gasteiger partial charge in [0, 0.05) is 41.9 Å². The van der Waals surface area contributed by atoms with Crippen molar-refractivity contribution in [3.05, 3.63) is 72.2 Å². The number of anilines is 2. The molecule has 0 aliphatic heterocycles. The van der Waals surface area contributed by atoms with Crippen molar-refractivity contribution in [1.82, 2.24) is 20.1 Å². The van der Waals surface area contributed by atoms with Crippen molar-refractivity contribution in [3.63, 3.8) is 0 Å². The summed E-state index contributed by atoms with van der Waals surface area (Å²) in [5.41, 5.74) is 2.14. The van der Waals surface area contributed by atoms with Gasteiger partial charge in [0.15, 0.2) is 5.82 Å². The van der Waals surface area contributed by atoms with E-state index in [1.807, 2.05) is 12.1 Å². The highest BCUT2D eigenvalue weighted by atomic mass is 16.2. The van der Waals surface area contributed by atoms with Crippen LogP contribution in [-0.4, -0.2) is 32.7 Å². The molecular formula is C20H20N6O2. The van der Waals surface area contributed by atoms with Crippen molar-refractivity contribution < 1.29 is 9.59 Å². The van der Waals surface area contributed by atoms with Gasteiger partial charge < -0.3 is 16.0 Å². The number of rotatable bonds is 6. The van der Waals surface area contributed by atoms with Crippen LogP contribution in [-0.2, 0) is 6.54 Å². The molecule has 1 aliphatic carbocycles. The van der Waals surface area contributed by atoms with Gasteiger partial charge in [-0.15, -0.1) is 0 Å². The lowest BCUT2D eigenvalue weighted by atomic mass is 10.2. The van der Waals surface area contributed by atoms with Gasteiger partial charge in [0.2, 0.25) is 0 Å². The summed E-state index contributed by atoms with van der Waals surface area (Å²) in [5, 5.41) is 12.7. The Morgan fingerprint density at radius 1 is 1.07 bits per heavy atom. The van der Waals surface area contributed by atoms with E-state index in [1.54, 1.807) is 53.6 Å². The molecule has 8 heteroatoms. The smallest absolute Gasteiger partial charge is 0.319 e. The second-order valence-corrected chi connectivity index (χ2v) is 6.66. The van der Waals surface area contributed by atoms with Crippen molar-refractivity contribution in [3.8, 4) is 0 Å². The van der Waals surface area contributed by atoms with Crippen LogP contribution < -0.4 is 16.0 Å². The summed E-state index contributed by atoms with van der Waals surface area (Å²) in [7, 11) is 0. The van der Waals surface area contributed by atoms with E-state index in [0.29, 0.717) is 29.7 Å². The highest BCUT2D eigenvalue weighted by Gasteiger charge is 2.23. The number of hydrogen-bond donors (Lipinski definition) is 3. The van der Waals surface area contributed by atoms with Crippen LogP contribution in [0.15, 0.2) is 61.1 Å². The van der Waals surface area contributed by atoms with Crippen LogP contribution in [0.1, 0.15) is 28.8 Å². The van der Waals surface area contributed by atoms with Crippen LogP contribution in [0.25, 0.3) is 0 Å². The van der Waals surface area contributed by atoms with Crippen molar-refractivity contribution in [2.45, 2.75) is 25.4 Å². The monoisotopic (exact) mass is 376 g/mol. The van der Waals surface area contributed by atoms with Gasteiger partial charge >= 0.3 is 6.03 Å². The molecule has 4 rings (SSSR count). The lowest BCUT2D eigenvalue weighted by molar-refractivity contribution is 0.102. The number of nitrogens with zero attached hydrogens (tertiary/aromatic N) is 3. The number of nitrogens with one attached hydrogen (secondary N) is 3. The van der Waals surface area contributed by atoms with Gasteiger partial charge in [-0.1, -0.05) is 6.07 Å². The quantitative estimate of drug-likeness (QED) is 0.616. The predicted molar refractivity (Wildman–Crippen MR) is 105 cm³/mol. The summed E-state index contributed by atoms with van der Waals surface area (Å²) in [4.78, 5) is 28.2. The van der Waals surface area contributed by atoms with Crippen molar-refractivity contribution in [2.75, 3.05) is 10.6 Å². The van der Waals surface area contributed by atoms with Crippen LogP contribution in [0.4, 0.5) is 16.3 Å². The van der Waals surface area contributed by atoms with Gasteiger partial charge in [0.25, 0.3) is 5.91 Å². The van der Waals surface area contributed by atoms with Crippen LogP contribution in [0.5, 0.6) is 0 Å². The van der Waals surface area contributed by atoms with E-state index in [4.69, 9.17) is 0 Å². The molecule has 0 bridgehead atoms. The Hall–Kier alpha value is -3.68. The maximum atomic E-state index is 12.4. The molecule has 1 fully saturated rings. The molecule has 1 aromatic carbocycles. The second kappa shape index (κ2) is 7.91. The third kappa shape index (κ3) is 4.73. The Morgan fingerprint density at radius 3 is 2.61 bits per heavy atom. The summed E-state index contributed by atoms with van der Waals surface area (Å²) in [5.74, 6) is 0.209. The third-order valence-electron chi connectivity index (χ3n) is 4.27. The zero-order valence-electron chi connectivity index (χ0n) is 15.1. The number of urea groups is 1. The highest BCUT2D eigenvalue weighted by Crippen LogP contribution is 2.19. The molecule has 3 N–H and O–H groups in total. The van der Waals surface area contributed by atoms with Crippen LogP contribution in [0.3, 0.4) is 0 Å². The second-order valence-electron chi connectivity index (χ2n) is 6.66. The number of benzene rings is 1. The number of hydrogen-bond acceptors (Lipinski definition) is 4. The molecule has 0 saturated heterocycles. The molecule has 0 unspecified atom stereocenters. The van der Waals surface area contributed by atoms with E-state index in [-0.39, 0.29) is 11.9 Å². The summed E-state index contributed by atoms with van der Waals surface area (Å²) >= 11 is 0. The highest BCUT2D eigenvalue weighted by molar-refractivity contribution is 6.04. The first-order valence-corrected chi connectivity index (χ1v) is 9.07. The van der Waals surface area contributed by atoms with Crippen molar-refractivity contribution >= 4 is 23.4 Å². The molecule has 0 radical (unpaired) electrons. The Kier molecular flexibility index (Phi) is 5.01. The van der Waals surface area contributed by atoms with Gasteiger partial charge in [0.1, 0.15) is 0 Å². The summed E-state index contributed by atoms with van der Waals surface area (Å²) in [6, 6.07) is 12.4. The van der Waals surface area contributed by atoms with E-state index < -0.39 is 0 Å². The average molecular weight is 376 g/mol. The SMILES string of the molecule is O=C(Nc1ccc(C(=O)Nc2ccn(Cc3cccnc3)n2)cc1)NC1CC1. The van der Waals surface area contributed by atoms with E-state index in [9.17, 15) is 9.59 Å². The molecule has 8 nitrogen and oxygen atoms in total. The number of carbonyl (C=O) groups excluding carboxylic acids is 2. The molecule has 2 heterocycles. The molecule has 3 aromatic rings. The first-order valence-electron chi connectivity index (χ1n) is 9.07. The lowest BCUT2D eigenvalue weighted by Gasteiger charge is -2.07. The molecule has 0 spiro atoms. The van der Waals surface area contributed by atoms with Gasteiger partial charge in [-0.2, -0.15) is 5.10 Å². The maximum Gasteiger partial charge on any atom is 0.319 e. The minimum atomic E-state index is -0.263. The average Bonchev–Trinajstić information content (AvgIpc) is 3.40. The fraction of sp³-hybridized carbons (Fsp3) is 0.200. The number of carbonyl (C=O) groups is 2. The van der Waals surface area contributed by atoms with Crippen LogP contribution in [0, 0.1) is 0 Å². The number of aromatic nitrogens is 3. The Bertz CT molecular complexity index is 964. The molecule has 3 amide bonds. The Balaban J connectivity index is 1.32. The Labute approximate surface area is 162 Å². The fourth-order valence-electron chi connectivity index (χ4n) is 2.67. The summed E-state index contributed by atoms with van der Waals surface area (Å²) in [6.45, 7) is 0.576. The molecule has 28 heavy (non-hydrogen) atoms. The third-order valence-corrected chi connectivity index (χ3v) is 4.27. The van der Waals surface area contributed by atoms with E-state index in [0.717, 1.165) is 18.4 Å². The minimum Gasteiger partial charge on any atom is -0.335 e. The van der Waals surface area contributed by atoms with Crippen molar-refractivity contribution in [1.29, 1.82) is 0 Å². The van der Waals surface area contributed by atoms with Crippen molar-refractivity contribution in [2.24, 2.45) is 0 Å². The van der Waals surface area contributed by atoms with Gasteiger partial charge in [0.05, 0.1) is 6.54 Å². The van der Waals surface area contributed by atoms with Crippen LogP contribution in [0.2, 0.25) is 0 Å². The zero-order chi connectivity index (χ0) is 19.3. The molecule has 2 aromatic heterocycles. The maximum absolute atomic E-state index is 12.4. The molecule has 142 valence electrons. The fourth-order valence-corrected chi connectivity index (χ4v) is 2.67. The standard InChI is InChI=1S/C20H20N6O2/c27-19(15-3-5-16(6-4-15)22-20(28)23-17-7-8-17)24-18-9-11-26(25-18)13-14-2-1-10-21-12-14/h1-6,9-12,17H,7-8,13H2,(H2,22,23,28)(H,24,25,27). The van der Waals surface area contributed by atoms with E-state index >= 15 is 0 Å². The molecule has 1 aliphatic rings. The van der Waals surface area contributed by atoms with Gasteiger partial charge in [-0.25, -0.2) is 4.79 Å². The van der Waals surface area contributed by atoms with E-state index in [2.05, 4.69) is 26.0 Å². The van der Waals surface area contributed by atoms with Gasteiger partial charge in [-0.3, -0.25) is 14.5 Å². The normalized spacial score (nSPS) is 13.0. The molecular weight excluding hydrogens is 356 g/mol. The molecule has 0 atom stereocenters. The Morgan fingerprint density at radius 2 is 1.89 bits per heavy atom. The first kappa shape index (κ1) is 17.7. The summed E-state index contributed by atoms with van der Waals surface area (Å²) < 4.78 is 1.73. The largest absolute Gasteiger partial charge is 0.335 e. The predicted octanol–water partition coefficient (Wildman–Crippen LogP) is 2.86. The first-order chi connectivity index (χ1) is 13.7. The summed E-state index contributed by atoms with van der Waals surface area (Å²) in [6.07, 6.45) is 7.36. The van der Waals surface area contributed by atoms with E-state index in [1.165, 1.54) is 0 Å². The minimum absolute atomic E-state index is 0.223.